The lowest BCUT2D eigenvalue weighted by Crippen LogP contribution is -2.10. The first-order valence-electron chi connectivity index (χ1n) is 6.17. The van der Waals surface area contributed by atoms with Gasteiger partial charge in [-0.1, -0.05) is 6.07 Å². The van der Waals surface area contributed by atoms with Crippen LogP contribution in [0.2, 0.25) is 0 Å². The molecular formula is C15H14N2O4. The van der Waals surface area contributed by atoms with Crippen molar-refractivity contribution in [2.45, 2.75) is 0 Å². The van der Waals surface area contributed by atoms with Gasteiger partial charge < -0.3 is 14.6 Å². The Morgan fingerprint density at radius 3 is 2.86 bits per heavy atom. The second-order valence-corrected chi connectivity index (χ2v) is 4.04. The summed E-state index contributed by atoms with van der Waals surface area (Å²) < 4.78 is 10.3. The number of benzene rings is 1. The van der Waals surface area contributed by atoms with Crippen molar-refractivity contribution in [2.75, 3.05) is 13.7 Å². The second-order valence-electron chi connectivity index (χ2n) is 4.04. The molecule has 6 nitrogen and oxygen atoms in total. The predicted molar refractivity (Wildman–Crippen MR) is 77.6 cm³/mol. The van der Waals surface area contributed by atoms with Crippen molar-refractivity contribution in [3.8, 4) is 11.5 Å². The Labute approximate surface area is 121 Å². The molecule has 0 fully saturated rings. The first kappa shape index (κ1) is 14.5. The van der Waals surface area contributed by atoms with Gasteiger partial charge in [-0.15, -0.1) is 0 Å². The van der Waals surface area contributed by atoms with Gasteiger partial charge in [-0.25, -0.2) is 14.8 Å². The highest BCUT2D eigenvalue weighted by molar-refractivity contribution is 5.82. The molecule has 1 aromatic heterocycles. The van der Waals surface area contributed by atoms with E-state index in [-0.39, 0.29) is 0 Å². The molecule has 0 unspecified atom stereocenters. The molecule has 0 aliphatic carbocycles. The van der Waals surface area contributed by atoms with Crippen molar-refractivity contribution >= 4 is 18.0 Å². The molecule has 0 saturated carbocycles. The number of aliphatic carboxylic acids is 1. The first-order valence-corrected chi connectivity index (χ1v) is 6.17. The smallest absolute Gasteiger partial charge is 0.341 e. The maximum atomic E-state index is 10.5. The van der Waals surface area contributed by atoms with E-state index in [2.05, 4.69) is 9.98 Å². The van der Waals surface area contributed by atoms with Crippen LogP contribution in [-0.4, -0.2) is 36.0 Å². The van der Waals surface area contributed by atoms with Gasteiger partial charge in [-0.3, -0.25) is 0 Å². The highest BCUT2D eigenvalue weighted by atomic mass is 16.5. The maximum absolute atomic E-state index is 10.5. The third-order valence-electron chi connectivity index (χ3n) is 2.53. The minimum absolute atomic E-state index is 0.370. The number of aromatic nitrogens is 1. The van der Waals surface area contributed by atoms with E-state index < -0.39 is 12.6 Å². The van der Waals surface area contributed by atoms with Crippen LogP contribution in [0.4, 0.5) is 5.82 Å². The van der Waals surface area contributed by atoms with Crippen LogP contribution >= 0.6 is 0 Å². The average molecular weight is 286 g/mol. The van der Waals surface area contributed by atoms with Crippen molar-refractivity contribution in [1.82, 2.24) is 4.98 Å². The Morgan fingerprint density at radius 2 is 2.19 bits per heavy atom. The fourth-order valence-electron chi connectivity index (χ4n) is 1.59. The van der Waals surface area contributed by atoms with Gasteiger partial charge in [0.05, 0.1) is 7.11 Å². The van der Waals surface area contributed by atoms with Crippen LogP contribution in [0.3, 0.4) is 0 Å². The average Bonchev–Trinajstić information content (AvgIpc) is 2.52. The van der Waals surface area contributed by atoms with Gasteiger partial charge in [-0.2, -0.15) is 0 Å². The summed E-state index contributed by atoms with van der Waals surface area (Å²) >= 11 is 0. The van der Waals surface area contributed by atoms with Gasteiger partial charge in [0.1, 0.15) is 0 Å². The Morgan fingerprint density at radius 1 is 1.33 bits per heavy atom. The van der Waals surface area contributed by atoms with Crippen molar-refractivity contribution in [3.63, 3.8) is 0 Å². The molecule has 0 radical (unpaired) electrons. The topological polar surface area (TPSA) is 81.0 Å². The Bertz CT molecular complexity index is 641. The quantitative estimate of drug-likeness (QED) is 0.824. The van der Waals surface area contributed by atoms with Crippen LogP contribution in [0.15, 0.2) is 47.6 Å². The summed E-state index contributed by atoms with van der Waals surface area (Å²) in [6.07, 6.45) is 3.31. The van der Waals surface area contributed by atoms with Crippen LogP contribution in [-0.2, 0) is 4.79 Å². The molecule has 1 aromatic carbocycles. The lowest BCUT2D eigenvalue weighted by molar-refractivity contribution is -0.139. The minimum atomic E-state index is -1.04. The highest BCUT2D eigenvalue weighted by Gasteiger charge is 2.07. The third-order valence-corrected chi connectivity index (χ3v) is 2.53. The number of carboxylic acid groups (broad SMARTS) is 1. The Balaban J connectivity index is 2.15. The van der Waals surface area contributed by atoms with Gasteiger partial charge in [0, 0.05) is 12.4 Å². The fourth-order valence-corrected chi connectivity index (χ4v) is 1.59. The SMILES string of the molecule is COc1cc(/C=N/c2ccccn2)ccc1OCC(=O)O. The van der Waals surface area contributed by atoms with E-state index in [9.17, 15) is 4.79 Å². The summed E-state index contributed by atoms with van der Waals surface area (Å²) in [7, 11) is 1.49. The molecule has 6 heteroatoms. The molecule has 0 aliphatic rings. The summed E-state index contributed by atoms with van der Waals surface area (Å²) in [5, 5.41) is 8.61. The van der Waals surface area contributed by atoms with Crippen molar-refractivity contribution in [1.29, 1.82) is 0 Å². The van der Waals surface area contributed by atoms with E-state index in [4.69, 9.17) is 14.6 Å². The molecule has 0 atom stereocenters. The van der Waals surface area contributed by atoms with Crippen molar-refractivity contribution in [3.05, 3.63) is 48.2 Å². The lowest BCUT2D eigenvalue weighted by atomic mass is 10.2. The normalized spacial score (nSPS) is 10.5. The zero-order chi connectivity index (χ0) is 15.1. The van der Waals surface area contributed by atoms with Crippen molar-refractivity contribution in [2.24, 2.45) is 4.99 Å². The Hall–Kier alpha value is -2.89. The zero-order valence-corrected chi connectivity index (χ0v) is 11.4. The highest BCUT2D eigenvalue weighted by Crippen LogP contribution is 2.27. The number of rotatable bonds is 6. The van der Waals surface area contributed by atoms with E-state index in [0.29, 0.717) is 17.3 Å². The standard InChI is InChI=1S/C15H14N2O4/c1-20-13-8-11(5-6-12(13)21-10-15(18)19)9-17-14-4-2-3-7-16-14/h2-9H,10H2,1H3,(H,18,19)/b17-9+. The zero-order valence-electron chi connectivity index (χ0n) is 11.4. The molecule has 1 N–H and O–H groups in total. The summed E-state index contributed by atoms with van der Waals surface area (Å²) in [6.45, 7) is -0.419. The Kier molecular flexibility index (Phi) is 4.87. The van der Waals surface area contributed by atoms with Crippen LogP contribution in [0.25, 0.3) is 0 Å². The number of ether oxygens (including phenoxy) is 2. The number of carboxylic acids is 1. The fraction of sp³-hybridized carbons (Fsp3) is 0.133. The summed E-state index contributed by atoms with van der Waals surface area (Å²) in [5.41, 5.74) is 0.792. The molecule has 0 spiro atoms. The van der Waals surface area contributed by atoms with Crippen LogP contribution in [0.1, 0.15) is 5.56 Å². The monoisotopic (exact) mass is 286 g/mol. The van der Waals surface area contributed by atoms with E-state index in [0.717, 1.165) is 5.56 Å². The second kappa shape index (κ2) is 7.04. The van der Waals surface area contributed by atoms with E-state index in [1.807, 2.05) is 12.1 Å². The van der Waals surface area contributed by atoms with Gasteiger partial charge in [0.2, 0.25) is 0 Å². The lowest BCUT2D eigenvalue weighted by Gasteiger charge is -2.09. The molecule has 0 amide bonds. The van der Waals surface area contributed by atoms with Crippen molar-refractivity contribution < 1.29 is 19.4 Å². The van der Waals surface area contributed by atoms with Crippen LogP contribution in [0, 0.1) is 0 Å². The molecule has 1 heterocycles. The van der Waals surface area contributed by atoms with Gasteiger partial charge in [0.15, 0.2) is 23.9 Å². The number of carbonyl (C=O) groups is 1. The maximum Gasteiger partial charge on any atom is 0.341 e. The van der Waals surface area contributed by atoms with Gasteiger partial charge in [0.25, 0.3) is 0 Å². The van der Waals surface area contributed by atoms with Gasteiger partial charge >= 0.3 is 5.97 Å². The molecule has 2 rings (SSSR count). The molecule has 21 heavy (non-hydrogen) atoms. The number of nitrogens with zero attached hydrogens (tertiary/aromatic N) is 2. The molecule has 108 valence electrons. The molecule has 0 bridgehead atoms. The minimum Gasteiger partial charge on any atom is -0.493 e. The summed E-state index contributed by atoms with van der Waals surface area (Å²) in [6, 6.07) is 10.6. The third kappa shape index (κ3) is 4.31. The number of hydrogen-bond acceptors (Lipinski definition) is 5. The van der Waals surface area contributed by atoms with Crippen LogP contribution in [0.5, 0.6) is 11.5 Å². The molecule has 0 aliphatic heterocycles. The van der Waals surface area contributed by atoms with E-state index in [1.165, 1.54) is 7.11 Å². The summed E-state index contributed by atoms with van der Waals surface area (Å²) in [5.74, 6) is 0.372. The largest absolute Gasteiger partial charge is 0.493 e. The predicted octanol–water partition coefficient (Wildman–Crippen LogP) is 2.30. The van der Waals surface area contributed by atoms with Gasteiger partial charge in [-0.05, 0) is 35.9 Å². The number of methoxy groups -OCH3 is 1. The van der Waals surface area contributed by atoms with E-state index >= 15 is 0 Å². The summed E-state index contributed by atoms with van der Waals surface area (Å²) in [4.78, 5) is 18.8. The number of pyridine rings is 1. The number of hydrogen-bond donors (Lipinski definition) is 1. The molecule has 0 saturated heterocycles. The number of aliphatic imine (C=N–C) groups is 1. The van der Waals surface area contributed by atoms with E-state index in [1.54, 1.807) is 36.7 Å². The first-order chi connectivity index (χ1) is 10.2. The molecule has 2 aromatic rings. The molecular weight excluding hydrogens is 272 g/mol. The van der Waals surface area contributed by atoms with Crippen LogP contribution < -0.4 is 9.47 Å².